The van der Waals surface area contributed by atoms with E-state index in [1.807, 2.05) is 12.1 Å². The maximum absolute atomic E-state index is 14.6. The molecule has 0 unspecified atom stereocenters. The second-order valence-electron chi connectivity index (χ2n) is 13.0. The van der Waals surface area contributed by atoms with Crippen LogP contribution in [0.5, 0.6) is 0 Å². The summed E-state index contributed by atoms with van der Waals surface area (Å²) in [4.78, 5) is 14.6. The van der Waals surface area contributed by atoms with Crippen LogP contribution in [-0.2, 0) is 27.5 Å². The van der Waals surface area contributed by atoms with Crippen molar-refractivity contribution in [2.75, 3.05) is 6.61 Å². The van der Waals surface area contributed by atoms with E-state index in [4.69, 9.17) is 9.47 Å². The lowest BCUT2D eigenvalue weighted by Gasteiger charge is -2.55. The highest BCUT2D eigenvalue weighted by molar-refractivity contribution is 5.94. The predicted molar refractivity (Wildman–Crippen MR) is 142 cm³/mol. The molecule has 6 rings (SSSR count). The molecular weight excluding hydrogens is 444 g/mol. The van der Waals surface area contributed by atoms with Gasteiger partial charge in [0.15, 0.2) is 0 Å². The highest BCUT2D eigenvalue weighted by Gasteiger charge is 2.75. The molecule has 3 nitrogen and oxygen atoms in total. The first-order chi connectivity index (χ1) is 17.3. The summed E-state index contributed by atoms with van der Waals surface area (Å²) < 4.78 is 13.5. The molecule has 1 spiro atoms. The number of rotatable bonds is 7. The summed E-state index contributed by atoms with van der Waals surface area (Å²) in [6.45, 7) is 8.72. The summed E-state index contributed by atoms with van der Waals surface area (Å²) in [6, 6.07) is 20.9. The third kappa shape index (κ3) is 3.65. The monoisotopic (exact) mass is 484 g/mol. The molecule has 0 aliphatic heterocycles. The smallest absolute Gasteiger partial charge is 0.147 e. The van der Waals surface area contributed by atoms with E-state index in [0.717, 1.165) is 32.1 Å². The van der Waals surface area contributed by atoms with Gasteiger partial charge in [0, 0.05) is 11.3 Å². The van der Waals surface area contributed by atoms with Crippen molar-refractivity contribution in [3.05, 3.63) is 83.9 Å². The van der Waals surface area contributed by atoms with Gasteiger partial charge in [-0.15, -0.1) is 0 Å². The van der Waals surface area contributed by atoms with Crippen LogP contribution in [0.3, 0.4) is 0 Å². The molecule has 2 aromatic carbocycles. The molecule has 6 atom stereocenters. The lowest BCUT2D eigenvalue weighted by molar-refractivity contribution is -0.186. The Morgan fingerprint density at radius 1 is 0.833 bits per heavy atom. The Hall–Kier alpha value is -2.23. The number of benzene rings is 2. The summed E-state index contributed by atoms with van der Waals surface area (Å²) in [5.41, 5.74) is 1.78. The van der Waals surface area contributed by atoms with Gasteiger partial charge in [-0.1, -0.05) is 93.6 Å². The SMILES string of the molecule is CC1(C)CC[C@@H](OCc2ccccc2)[C@]2(COCc3ccccc3)[C@@H]1C(=O)[C@@]13C=C[C@@](C)(CC[C@@H]21)C3. The van der Waals surface area contributed by atoms with Crippen molar-refractivity contribution in [1.29, 1.82) is 0 Å². The standard InChI is InChI=1S/C33H40O3/c1-30(2)16-15-27(36-21-25-12-8-5-9-13-25)33(23-35-20-24-10-6-4-7-11-24)26-14-17-31(3)18-19-32(26,22-31)29(34)28(30)33/h4-13,18-19,26-28H,14-17,20-23H2,1-3H3/t26-,27-,28-,31-,32-,33-/m1/s1. The van der Waals surface area contributed by atoms with Gasteiger partial charge in [-0.2, -0.15) is 0 Å². The lowest BCUT2D eigenvalue weighted by Crippen LogP contribution is -2.57. The average molecular weight is 485 g/mol. The van der Waals surface area contributed by atoms with E-state index in [0.29, 0.717) is 25.6 Å². The fourth-order valence-corrected chi connectivity index (χ4v) is 8.70. The largest absolute Gasteiger partial charge is 0.376 e. The molecule has 3 saturated carbocycles. The summed E-state index contributed by atoms with van der Waals surface area (Å²) in [5, 5.41) is 0. The molecule has 3 fully saturated rings. The van der Waals surface area contributed by atoms with Crippen LogP contribution in [0.1, 0.15) is 64.0 Å². The van der Waals surface area contributed by atoms with Crippen LogP contribution in [0, 0.1) is 33.5 Å². The van der Waals surface area contributed by atoms with E-state index in [1.54, 1.807) is 0 Å². The van der Waals surface area contributed by atoms with Crippen LogP contribution in [0.15, 0.2) is 72.8 Å². The predicted octanol–water partition coefficient (Wildman–Crippen LogP) is 7.16. The van der Waals surface area contributed by atoms with Gasteiger partial charge in [-0.25, -0.2) is 0 Å². The molecule has 3 heteroatoms. The quantitative estimate of drug-likeness (QED) is 0.391. The fraction of sp³-hybridized carbons (Fsp3) is 0.545. The highest BCUT2D eigenvalue weighted by atomic mass is 16.5. The first kappa shape index (κ1) is 24.1. The Balaban J connectivity index is 1.39. The highest BCUT2D eigenvalue weighted by Crippen LogP contribution is 2.73. The second kappa shape index (κ2) is 8.67. The van der Waals surface area contributed by atoms with Crippen LogP contribution in [-0.4, -0.2) is 18.5 Å². The van der Waals surface area contributed by atoms with Crippen molar-refractivity contribution in [1.82, 2.24) is 0 Å². The van der Waals surface area contributed by atoms with Gasteiger partial charge in [0.2, 0.25) is 0 Å². The maximum atomic E-state index is 14.6. The number of ether oxygens (including phenoxy) is 2. The van der Waals surface area contributed by atoms with E-state index in [9.17, 15) is 4.79 Å². The van der Waals surface area contributed by atoms with Gasteiger partial charge in [0.05, 0.1) is 31.3 Å². The van der Waals surface area contributed by atoms with Crippen LogP contribution < -0.4 is 0 Å². The molecule has 4 aliphatic rings. The molecule has 0 saturated heterocycles. The minimum Gasteiger partial charge on any atom is -0.376 e. The van der Waals surface area contributed by atoms with Crippen LogP contribution in [0.2, 0.25) is 0 Å². The molecule has 0 radical (unpaired) electrons. The molecule has 4 aliphatic carbocycles. The fourth-order valence-electron chi connectivity index (χ4n) is 8.70. The van der Waals surface area contributed by atoms with Gasteiger partial charge >= 0.3 is 0 Å². The number of fused-ring (bicyclic) bond motifs is 3. The average Bonchev–Trinajstić information content (AvgIpc) is 3.27. The maximum Gasteiger partial charge on any atom is 0.147 e. The minimum absolute atomic E-state index is 0.0122. The molecule has 190 valence electrons. The van der Waals surface area contributed by atoms with E-state index in [-0.39, 0.29) is 39.6 Å². The summed E-state index contributed by atoms with van der Waals surface area (Å²) in [7, 11) is 0. The van der Waals surface area contributed by atoms with Gasteiger partial charge in [0.1, 0.15) is 5.78 Å². The van der Waals surface area contributed by atoms with Crippen molar-refractivity contribution in [2.24, 2.45) is 33.5 Å². The van der Waals surface area contributed by atoms with Crippen molar-refractivity contribution >= 4 is 5.78 Å². The number of hydrogen-bond donors (Lipinski definition) is 0. The summed E-state index contributed by atoms with van der Waals surface area (Å²) in [5.74, 6) is 0.685. The number of carbonyl (C=O) groups excluding carboxylic acids is 1. The van der Waals surface area contributed by atoms with E-state index >= 15 is 0 Å². The van der Waals surface area contributed by atoms with Crippen molar-refractivity contribution in [2.45, 2.75) is 72.2 Å². The minimum atomic E-state index is -0.357. The Morgan fingerprint density at radius 3 is 2.19 bits per heavy atom. The number of hydrogen-bond acceptors (Lipinski definition) is 3. The van der Waals surface area contributed by atoms with Gasteiger partial charge in [-0.05, 0) is 60.0 Å². The van der Waals surface area contributed by atoms with Crippen LogP contribution in [0.4, 0.5) is 0 Å². The summed E-state index contributed by atoms with van der Waals surface area (Å²) in [6.07, 6.45) is 9.87. The molecule has 0 heterocycles. The Morgan fingerprint density at radius 2 is 1.50 bits per heavy atom. The molecule has 36 heavy (non-hydrogen) atoms. The van der Waals surface area contributed by atoms with Gasteiger partial charge in [0.25, 0.3) is 0 Å². The number of carbonyl (C=O) groups is 1. The molecule has 2 aromatic rings. The number of Topliss-reactive ketones (excluding diaryl/α,β-unsaturated/α-hetero) is 1. The first-order valence-corrected chi connectivity index (χ1v) is 13.8. The molecule has 0 amide bonds. The molecule has 0 aromatic heterocycles. The van der Waals surface area contributed by atoms with Crippen LogP contribution >= 0.6 is 0 Å². The van der Waals surface area contributed by atoms with Crippen molar-refractivity contribution < 1.29 is 14.3 Å². The van der Waals surface area contributed by atoms with Gasteiger partial charge in [-0.3, -0.25) is 4.79 Å². The van der Waals surface area contributed by atoms with Crippen molar-refractivity contribution in [3.63, 3.8) is 0 Å². The first-order valence-electron chi connectivity index (χ1n) is 13.8. The van der Waals surface area contributed by atoms with E-state index in [1.165, 1.54) is 11.1 Å². The normalized spacial score (nSPS) is 38.1. The van der Waals surface area contributed by atoms with E-state index < -0.39 is 0 Å². The van der Waals surface area contributed by atoms with Gasteiger partial charge < -0.3 is 9.47 Å². The lowest BCUT2D eigenvalue weighted by atomic mass is 9.51. The molecule has 2 bridgehead atoms. The topological polar surface area (TPSA) is 35.5 Å². The Bertz CT molecular complexity index is 1140. The number of ketones is 1. The third-order valence-corrected chi connectivity index (χ3v) is 10.2. The number of allylic oxidation sites excluding steroid dienone is 2. The zero-order valence-corrected chi connectivity index (χ0v) is 22.0. The van der Waals surface area contributed by atoms with E-state index in [2.05, 4.69) is 81.5 Å². The zero-order valence-electron chi connectivity index (χ0n) is 22.0. The zero-order chi connectivity index (χ0) is 25.0. The third-order valence-electron chi connectivity index (χ3n) is 10.2. The Labute approximate surface area is 216 Å². The Kier molecular flexibility index (Phi) is 5.81. The molecular formula is C33H40O3. The summed E-state index contributed by atoms with van der Waals surface area (Å²) >= 11 is 0. The second-order valence-corrected chi connectivity index (χ2v) is 13.0. The van der Waals surface area contributed by atoms with Crippen molar-refractivity contribution in [3.8, 4) is 0 Å². The molecule has 0 N–H and O–H groups in total. The van der Waals surface area contributed by atoms with Crippen LogP contribution in [0.25, 0.3) is 0 Å².